The van der Waals surface area contributed by atoms with E-state index < -0.39 is 23.7 Å². The number of alkyl carbamates (subject to hydrolysis) is 1. The van der Waals surface area contributed by atoms with Gasteiger partial charge >= 0.3 is 12.1 Å². The minimum Gasteiger partial charge on any atom is -0.458 e. The van der Waals surface area contributed by atoms with Crippen molar-refractivity contribution >= 4 is 29.5 Å². The first kappa shape index (κ1) is 26.2. The summed E-state index contributed by atoms with van der Waals surface area (Å²) in [5.41, 5.74) is 0.753. The summed E-state index contributed by atoms with van der Waals surface area (Å²) in [4.78, 5) is 32.7. The number of anilines is 1. The Bertz CT molecular complexity index is 841. The largest absolute Gasteiger partial charge is 0.458 e. The van der Waals surface area contributed by atoms with Gasteiger partial charge in [0, 0.05) is 12.1 Å². The van der Waals surface area contributed by atoms with Crippen LogP contribution in [0.4, 0.5) is 10.6 Å². The number of hydrogen-bond acceptors (Lipinski definition) is 7. The van der Waals surface area contributed by atoms with Crippen LogP contribution in [0.3, 0.4) is 0 Å². The predicted molar refractivity (Wildman–Crippen MR) is 121 cm³/mol. The third-order valence-corrected chi connectivity index (χ3v) is 4.07. The zero-order valence-corrected chi connectivity index (χ0v) is 19.6. The first-order valence-electron chi connectivity index (χ1n) is 10.1. The predicted octanol–water partition coefficient (Wildman–Crippen LogP) is 4.51. The minimum atomic E-state index is -0.995. The smallest absolute Gasteiger partial charge is 0.408 e. The van der Waals surface area contributed by atoms with Crippen molar-refractivity contribution in [3.8, 4) is 0 Å². The van der Waals surface area contributed by atoms with Crippen LogP contribution in [-0.2, 0) is 20.9 Å². The molecule has 31 heavy (non-hydrogen) atoms. The summed E-state index contributed by atoms with van der Waals surface area (Å²) in [5, 5.41) is 5.83. The lowest BCUT2D eigenvalue weighted by Crippen LogP contribution is -2.48. The SMILES string of the molecule is CC.Cc1c(Cl)ncnc1NCC(NC(=O)OCc1ccccc1)C(=O)OC(C)(C)C. The molecule has 0 spiro atoms. The number of nitrogens with zero attached hydrogens (tertiary/aromatic N) is 2. The number of nitrogens with one attached hydrogen (secondary N) is 2. The molecule has 0 bridgehead atoms. The fraction of sp³-hybridized carbons (Fsp3) is 0.455. The van der Waals surface area contributed by atoms with Crippen molar-refractivity contribution < 1.29 is 19.1 Å². The second-order valence-electron chi connectivity index (χ2n) is 7.31. The molecule has 1 amide bonds. The van der Waals surface area contributed by atoms with Gasteiger partial charge in [0.1, 0.15) is 35.5 Å². The first-order chi connectivity index (χ1) is 14.7. The molecule has 1 aromatic carbocycles. The van der Waals surface area contributed by atoms with Crippen LogP contribution in [0.25, 0.3) is 0 Å². The highest BCUT2D eigenvalue weighted by atomic mass is 35.5. The van der Waals surface area contributed by atoms with Crippen LogP contribution < -0.4 is 10.6 Å². The maximum atomic E-state index is 12.6. The van der Waals surface area contributed by atoms with Gasteiger partial charge in [-0.1, -0.05) is 55.8 Å². The highest BCUT2D eigenvalue weighted by Gasteiger charge is 2.27. The summed E-state index contributed by atoms with van der Waals surface area (Å²) in [7, 11) is 0. The first-order valence-corrected chi connectivity index (χ1v) is 10.4. The van der Waals surface area contributed by atoms with Gasteiger partial charge in [0.05, 0.1) is 0 Å². The Hall–Kier alpha value is -2.87. The molecule has 2 N–H and O–H groups in total. The van der Waals surface area contributed by atoms with Crippen molar-refractivity contribution in [2.24, 2.45) is 0 Å². The number of aromatic nitrogens is 2. The molecule has 8 nitrogen and oxygen atoms in total. The molecule has 1 aromatic heterocycles. The highest BCUT2D eigenvalue weighted by Crippen LogP contribution is 2.18. The van der Waals surface area contributed by atoms with Crippen molar-refractivity contribution in [3.05, 3.63) is 52.9 Å². The van der Waals surface area contributed by atoms with E-state index in [1.165, 1.54) is 6.33 Å². The minimum absolute atomic E-state index is 0.0313. The van der Waals surface area contributed by atoms with Crippen molar-refractivity contribution in [1.29, 1.82) is 0 Å². The lowest BCUT2D eigenvalue weighted by molar-refractivity contribution is -0.156. The van der Waals surface area contributed by atoms with E-state index in [0.717, 1.165) is 5.56 Å². The Labute approximate surface area is 188 Å². The van der Waals surface area contributed by atoms with Gasteiger partial charge in [0.15, 0.2) is 0 Å². The number of ether oxygens (including phenoxy) is 2. The van der Waals surface area contributed by atoms with E-state index in [1.54, 1.807) is 27.7 Å². The molecule has 1 heterocycles. The fourth-order valence-electron chi connectivity index (χ4n) is 2.28. The van der Waals surface area contributed by atoms with Gasteiger partial charge in [0.25, 0.3) is 0 Å². The Morgan fingerprint density at radius 3 is 2.39 bits per heavy atom. The lowest BCUT2D eigenvalue weighted by Gasteiger charge is -2.25. The highest BCUT2D eigenvalue weighted by molar-refractivity contribution is 6.30. The van der Waals surface area contributed by atoms with Gasteiger partial charge < -0.3 is 20.1 Å². The normalized spacial score (nSPS) is 11.5. The maximum Gasteiger partial charge on any atom is 0.408 e. The summed E-state index contributed by atoms with van der Waals surface area (Å²) >= 11 is 5.99. The third kappa shape index (κ3) is 9.65. The molecular weight excluding hydrogens is 420 g/mol. The van der Waals surface area contributed by atoms with Crippen LogP contribution in [0, 0.1) is 6.92 Å². The van der Waals surface area contributed by atoms with Crippen molar-refractivity contribution in [2.45, 2.75) is 59.8 Å². The molecule has 1 unspecified atom stereocenters. The number of benzene rings is 1. The van der Waals surface area contributed by atoms with Gasteiger partial charge in [-0.3, -0.25) is 0 Å². The standard InChI is InChI=1S/C20H25ClN4O4.C2H6/c1-13-16(21)23-12-24-17(13)22-10-15(18(26)29-20(2,3)4)25-19(27)28-11-14-8-6-5-7-9-14;1-2/h5-9,12,15H,10-11H2,1-4H3,(H,25,27)(H,22,23,24);1-2H3. The van der Waals surface area contributed by atoms with Gasteiger partial charge in [-0.2, -0.15) is 0 Å². The van der Waals surface area contributed by atoms with Gasteiger partial charge in [0.2, 0.25) is 0 Å². The van der Waals surface area contributed by atoms with Crippen LogP contribution in [0.2, 0.25) is 5.15 Å². The molecule has 0 saturated carbocycles. The van der Waals surface area contributed by atoms with E-state index in [9.17, 15) is 9.59 Å². The average Bonchev–Trinajstić information content (AvgIpc) is 2.73. The summed E-state index contributed by atoms with van der Waals surface area (Å²) < 4.78 is 10.6. The average molecular weight is 451 g/mol. The van der Waals surface area contributed by atoms with E-state index in [-0.39, 0.29) is 13.2 Å². The molecule has 2 aromatic rings. The van der Waals surface area contributed by atoms with Crippen LogP contribution >= 0.6 is 11.6 Å². The van der Waals surface area contributed by atoms with Crippen LogP contribution in [0.5, 0.6) is 0 Å². The molecule has 9 heteroatoms. The Morgan fingerprint density at radius 1 is 1.13 bits per heavy atom. The Balaban J connectivity index is 0.00000233. The molecule has 2 rings (SSSR count). The monoisotopic (exact) mass is 450 g/mol. The van der Waals surface area contributed by atoms with Gasteiger partial charge in [-0.05, 0) is 33.3 Å². The number of rotatable bonds is 7. The summed E-state index contributed by atoms with van der Waals surface area (Å²) in [6, 6.07) is 8.24. The van der Waals surface area contributed by atoms with Gasteiger partial charge in [-0.15, -0.1) is 0 Å². The molecule has 0 aliphatic heterocycles. The van der Waals surface area contributed by atoms with E-state index in [1.807, 2.05) is 44.2 Å². The second-order valence-corrected chi connectivity index (χ2v) is 7.67. The molecular formula is C22H31ClN4O4. The van der Waals surface area contributed by atoms with E-state index in [2.05, 4.69) is 20.6 Å². The molecule has 0 saturated heterocycles. The lowest BCUT2D eigenvalue weighted by atomic mass is 10.2. The molecule has 0 aliphatic rings. The molecule has 1 atom stereocenters. The number of halogens is 1. The molecule has 0 aliphatic carbocycles. The topological polar surface area (TPSA) is 102 Å². The Kier molecular flexibility index (Phi) is 10.8. The summed E-state index contributed by atoms with van der Waals surface area (Å²) in [6.45, 7) is 11.1. The van der Waals surface area contributed by atoms with E-state index >= 15 is 0 Å². The van der Waals surface area contributed by atoms with Crippen molar-refractivity contribution in [3.63, 3.8) is 0 Å². The summed E-state index contributed by atoms with van der Waals surface area (Å²) in [5.74, 6) is -0.141. The zero-order chi connectivity index (χ0) is 23.4. The third-order valence-electron chi connectivity index (χ3n) is 3.69. The molecule has 0 fully saturated rings. The Morgan fingerprint density at radius 2 is 1.77 bits per heavy atom. The van der Waals surface area contributed by atoms with Gasteiger partial charge in [-0.25, -0.2) is 19.6 Å². The maximum absolute atomic E-state index is 12.6. The zero-order valence-electron chi connectivity index (χ0n) is 18.9. The van der Waals surface area contributed by atoms with E-state index in [0.29, 0.717) is 16.5 Å². The van der Waals surface area contributed by atoms with Crippen LogP contribution in [-0.4, -0.2) is 40.2 Å². The van der Waals surface area contributed by atoms with Crippen molar-refractivity contribution in [1.82, 2.24) is 15.3 Å². The molecule has 170 valence electrons. The summed E-state index contributed by atoms with van der Waals surface area (Å²) in [6.07, 6.45) is 0.575. The number of carbonyl (C=O) groups excluding carboxylic acids is 2. The number of amides is 1. The van der Waals surface area contributed by atoms with Crippen LogP contribution in [0.1, 0.15) is 45.7 Å². The fourth-order valence-corrected chi connectivity index (χ4v) is 2.41. The van der Waals surface area contributed by atoms with Crippen molar-refractivity contribution in [2.75, 3.05) is 11.9 Å². The van der Waals surface area contributed by atoms with E-state index in [4.69, 9.17) is 21.1 Å². The number of esters is 1. The van der Waals surface area contributed by atoms with Crippen LogP contribution in [0.15, 0.2) is 36.7 Å². The quantitative estimate of drug-likeness (QED) is 0.472. The number of carbonyl (C=O) groups is 2. The molecule has 0 radical (unpaired) electrons. The number of hydrogen-bond donors (Lipinski definition) is 2. The second kappa shape index (κ2) is 12.7.